The SMILES string of the molecule is C[C@H]1C[C@H](C)CN(C(=O)COC(=O)CCNS(=O)(=O)c2ccc(Cl)cc2)C1. The van der Waals surface area contributed by atoms with Gasteiger partial charge < -0.3 is 9.64 Å². The molecule has 1 aromatic carbocycles. The van der Waals surface area contributed by atoms with Crippen molar-refractivity contribution in [1.29, 1.82) is 0 Å². The van der Waals surface area contributed by atoms with Gasteiger partial charge in [-0.05, 0) is 42.5 Å². The molecule has 150 valence electrons. The largest absolute Gasteiger partial charge is 0.456 e. The van der Waals surface area contributed by atoms with E-state index in [1.807, 2.05) is 0 Å². The Morgan fingerprint density at radius 3 is 2.37 bits per heavy atom. The highest BCUT2D eigenvalue weighted by atomic mass is 35.5. The van der Waals surface area contributed by atoms with Crippen LogP contribution in [0.15, 0.2) is 29.2 Å². The minimum Gasteiger partial charge on any atom is -0.456 e. The van der Waals surface area contributed by atoms with Crippen LogP contribution in [0.25, 0.3) is 0 Å². The highest BCUT2D eigenvalue weighted by Crippen LogP contribution is 2.21. The maximum Gasteiger partial charge on any atom is 0.307 e. The number of amides is 1. The van der Waals surface area contributed by atoms with Crippen LogP contribution in [-0.4, -0.2) is 51.4 Å². The highest BCUT2D eigenvalue weighted by molar-refractivity contribution is 7.89. The standard InChI is InChI=1S/C18H25ClN2O5S/c1-13-9-14(2)11-21(10-13)17(22)12-26-18(23)7-8-20-27(24,25)16-5-3-15(19)4-6-16/h3-6,13-14,20H,7-12H2,1-2H3/t13-,14-/m0/s1. The smallest absolute Gasteiger partial charge is 0.307 e. The number of carbonyl (C=O) groups is 2. The molecule has 0 radical (unpaired) electrons. The summed E-state index contributed by atoms with van der Waals surface area (Å²) in [6, 6.07) is 5.70. The Labute approximate surface area is 165 Å². The number of rotatable bonds is 7. The van der Waals surface area contributed by atoms with E-state index in [9.17, 15) is 18.0 Å². The average molecular weight is 417 g/mol. The van der Waals surface area contributed by atoms with E-state index in [4.69, 9.17) is 16.3 Å². The van der Waals surface area contributed by atoms with Crippen molar-refractivity contribution in [2.75, 3.05) is 26.2 Å². The highest BCUT2D eigenvalue weighted by Gasteiger charge is 2.26. The van der Waals surface area contributed by atoms with Crippen LogP contribution in [0.5, 0.6) is 0 Å². The van der Waals surface area contributed by atoms with Crippen molar-refractivity contribution in [3.05, 3.63) is 29.3 Å². The molecule has 0 aromatic heterocycles. The molecule has 0 unspecified atom stereocenters. The van der Waals surface area contributed by atoms with Crippen molar-refractivity contribution in [2.24, 2.45) is 11.8 Å². The lowest BCUT2D eigenvalue weighted by molar-refractivity contribution is -0.153. The molecule has 7 nitrogen and oxygen atoms in total. The molecule has 1 N–H and O–H groups in total. The van der Waals surface area contributed by atoms with Gasteiger partial charge in [-0.2, -0.15) is 0 Å². The van der Waals surface area contributed by atoms with E-state index in [2.05, 4.69) is 18.6 Å². The Kier molecular flexibility index (Phi) is 7.64. The second-order valence-corrected chi connectivity index (χ2v) is 9.21. The molecule has 2 atom stereocenters. The summed E-state index contributed by atoms with van der Waals surface area (Å²) in [5.41, 5.74) is 0. The van der Waals surface area contributed by atoms with E-state index in [1.165, 1.54) is 24.3 Å². The van der Waals surface area contributed by atoms with Crippen LogP contribution < -0.4 is 4.72 Å². The van der Waals surface area contributed by atoms with Crippen molar-refractivity contribution in [1.82, 2.24) is 9.62 Å². The number of nitrogens with one attached hydrogen (secondary N) is 1. The monoisotopic (exact) mass is 416 g/mol. The quantitative estimate of drug-likeness (QED) is 0.687. The van der Waals surface area contributed by atoms with Gasteiger partial charge in [0, 0.05) is 24.7 Å². The Bertz CT molecular complexity index is 756. The fourth-order valence-electron chi connectivity index (χ4n) is 3.16. The number of ether oxygens (including phenoxy) is 1. The molecule has 0 bridgehead atoms. The van der Waals surface area contributed by atoms with Crippen LogP contribution in [0.4, 0.5) is 0 Å². The predicted molar refractivity (Wildman–Crippen MR) is 102 cm³/mol. The fraction of sp³-hybridized carbons (Fsp3) is 0.556. The summed E-state index contributed by atoms with van der Waals surface area (Å²) >= 11 is 5.73. The zero-order chi connectivity index (χ0) is 20.0. The third-order valence-corrected chi connectivity index (χ3v) is 6.05. The van der Waals surface area contributed by atoms with Crippen LogP contribution in [0.1, 0.15) is 26.7 Å². The van der Waals surface area contributed by atoms with Gasteiger partial charge in [0.1, 0.15) is 0 Å². The molecule has 9 heteroatoms. The summed E-state index contributed by atoms with van der Waals surface area (Å²) in [6.07, 6.45) is 0.921. The summed E-state index contributed by atoms with van der Waals surface area (Å²) in [7, 11) is -3.72. The van der Waals surface area contributed by atoms with Crippen molar-refractivity contribution >= 4 is 33.5 Å². The first-order chi connectivity index (χ1) is 12.7. The van der Waals surface area contributed by atoms with E-state index in [-0.39, 0.29) is 30.4 Å². The zero-order valence-corrected chi connectivity index (χ0v) is 17.1. The van der Waals surface area contributed by atoms with Crippen LogP contribution in [0.3, 0.4) is 0 Å². The number of nitrogens with zero attached hydrogens (tertiary/aromatic N) is 1. The van der Waals surface area contributed by atoms with Crippen LogP contribution >= 0.6 is 11.6 Å². The molecule has 0 aliphatic carbocycles. The zero-order valence-electron chi connectivity index (χ0n) is 15.5. The van der Waals surface area contributed by atoms with Gasteiger partial charge in [0.05, 0.1) is 11.3 Å². The predicted octanol–water partition coefficient (Wildman–Crippen LogP) is 2.06. The number of esters is 1. The van der Waals surface area contributed by atoms with Crippen molar-refractivity contribution in [2.45, 2.75) is 31.6 Å². The molecular formula is C18H25ClN2O5S. The molecule has 2 rings (SSSR count). The first kappa shape index (κ1) is 21.7. The van der Waals surface area contributed by atoms with E-state index in [0.29, 0.717) is 29.9 Å². The third-order valence-electron chi connectivity index (χ3n) is 4.32. The molecule has 1 saturated heterocycles. The summed E-state index contributed by atoms with van der Waals surface area (Å²) in [6.45, 7) is 5.09. The van der Waals surface area contributed by atoms with Crippen LogP contribution in [0, 0.1) is 11.8 Å². The van der Waals surface area contributed by atoms with E-state index >= 15 is 0 Å². The lowest BCUT2D eigenvalue weighted by atomic mass is 9.92. The lowest BCUT2D eigenvalue weighted by Crippen LogP contribution is -2.44. The summed E-state index contributed by atoms with van der Waals surface area (Å²) < 4.78 is 31.5. The van der Waals surface area contributed by atoms with E-state index in [1.54, 1.807) is 4.90 Å². The molecule has 0 saturated carbocycles. The first-order valence-corrected chi connectivity index (χ1v) is 10.7. The number of halogens is 1. The number of hydrogen-bond donors (Lipinski definition) is 1. The maximum atomic E-state index is 12.2. The van der Waals surface area contributed by atoms with E-state index in [0.717, 1.165) is 6.42 Å². The van der Waals surface area contributed by atoms with Gasteiger partial charge in [0.2, 0.25) is 10.0 Å². The van der Waals surface area contributed by atoms with Crippen LogP contribution in [-0.2, 0) is 24.3 Å². The summed E-state index contributed by atoms with van der Waals surface area (Å²) in [5.74, 6) is 0.00936. The number of piperidine rings is 1. The molecule has 0 spiro atoms. The fourth-order valence-corrected chi connectivity index (χ4v) is 4.31. The van der Waals surface area contributed by atoms with E-state index < -0.39 is 16.0 Å². The molecule has 1 aliphatic heterocycles. The normalized spacial score (nSPS) is 20.3. The summed E-state index contributed by atoms with van der Waals surface area (Å²) in [4.78, 5) is 25.7. The second-order valence-electron chi connectivity index (χ2n) is 7.01. The maximum absolute atomic E-state index is 12.2. The second kappa shape index (κ2) is 9.52. The average Bonchev–Trinajstić information content (AvgIpc) is 2.59. The number of likely N-dealkylation sites (tertiary alicyclic amines) is 1. The minimum absolute atomic E-state index is 0.0591. The van der Waals surface area contributed by atoms with Gasteiger partial charge in [-0.3, -0.25) is 9.59 Å². The van der Waals surface area contributed by atoms with Crippen LogP contribution in [0.2, 0.25) is 5.02 Å². The van der Waals surface area contributed by atoms with Crippen molar-refractivity contribution in [3.8, 4) is 0 Å². The Morgan fingerprint density at radius 1 is 1.19 bits per heavy atom. The Hall–Kier alpha value is -1.64. The van der Waals surface area contributed by atoms with Gasteiger partial charge in [-0.1, -0.05) is 25.4 Å². The molecule has 1 aliphatic rings. The first-order valence-electron chi connectivity index (χ1n) is 8.86. The van der Waals surface area contributed by atoms with Gasteiger partial charge in [-0.15, -0.1) is 0 Å². The third kappa shape index (κ3) is 6.79. The molecule has 1 amide bonds. The number of carbonyl (C=O) groups excluding carboxylic acids is 2. The Balaban J connectivity index is 1.73. The van der Waals surface area contributed by atoms with Gasteiger partial charge in [0.25, 0.3) is 5.91 Å². The number of benzene rings is 1. The van der Waals surface area contributed by atoms with Crippen molar-refractivity contribution < 1.29 is 22.7 Å². The van der Waals surface area contributed by atoms with Gasteiger partial charge in [-0.25, -0.2) is 13.1 Å². The lowest BCUT2D eigenvalue weighted by Gasteiger charge is -2.34. The number of sulfonamides is 1. The Morgan fingerprint density at radius 2 is 1.78 bits per heavy atom. The van der Waals surface area contributed by atoms with Crippen molar-refractivity contribution in [3.63, 3.8) is 0 Å². The minimum atomic E-state index is -3.72. The summed E-state index contributed by atoms with van der Waals surface area (Å²) in [5, 5.41) is 0.430. The topological polar surface area (TPSA) is 92.8 Å². The van der Waals surface area contributed by atoms with Gasteiger partial charge in [0.15, 0.2) is 6.61 Å². The van der Waals surface area contributed by atoms with Gasteiger partial charge >= 0.3 is 5.97 Å². The molecule has 1 fully saturated rings. The molecular weight excluding hydrogens is 392 g/mol. The number of hydrogen-bond acceptors (Lipinski definition) is 5. The molecule has 1 heterocycles. The molecule has 1 aromatic rings. The molecule has 27 heavy (non-hydrogen) atoms.